The van der Waals surface area contributed by atoms with Gasteiger partial charge in [-0.15, -0.1) is 0 Å². The van der Waals surface area contributed by atoms with E-state index in [-0.39, 0.29) is 11.9 Å². The SMILES string of the molecule is O=C(O[C@H](C(=O)NC1CC1)c1ccccc1)c1ccc(-n2cccn2)cc1. The summed E-state index contributed by atoms with van der Waals surface area (Å²) in [7, 11) is 0. The Hall–Kier alpha value is -3.41. The summed E-state index contributed by atoms with van der Waals surface area (Å²) >= 11 is 0. The van der Waals surface area contributed by atoms with Gasteiger partial charge in [-0.25, -0.2) is 9.48 Å². The number of hydrogen-bond donors (Lipinski definition) is 1. The van der Waals surface area contributed by atoms with Gasteiger partial charge in [0.2, 0.25) is 6.10 Å². The van der Waals surface area contributed by atoms with Crippen molar-refractivity contribution in [1.82, 2.24) is 15.1 Å². The highest BCUT2D eigenvalue weighted by atomic mass is 16.5. The van der Waals surface area contributed by atoms with Gasteiger partial charge in [-0.1, -0.05) is 30.3 Å². The highest BCUT2D eigenvalue weighted by molar-refractivity contribution is 5.93. The number of ether oxygens (including phenoxy) is 1. The van der Waals surface area contributed by atoms with Crippen LogP contribution in [0.2, 0.25) is 0 Å². The van der Waals surface area contributed by atoms with Crippen molar-refractivity contribution < 1.29 is 14.3 Å². The molecule has 0 aliphatic heterocycles. The zero-order valence-electron chi connectivity index (χ0n) is 14.6. The van der Waals surface area contributed by atoms with Crippen molar-refractivity contribution >= 4 is 11.9 Å². The van der Waals surface area contributed by atoms with Gasteiger partial charge in [0.25, 0.3) is 5.91 Å². The van der Waals surface area contributed by atoms with E-state index in [4.69, 9.17) is 4.74 Å². The Kier molecular flexibility index (Phi) is 4.70. The number of carbonyl (C=O) groups excluding carboxylic acids is 2. The molecule has 1 aromatic heterocycles. The van der Waals surface area contributed by atoms with Crippen molar-refractivity contribution in [3.8, 4) is 5.69 Å². The Balaban J connectivity index is 1.51. The number of benzene rings is 2. The number of nitrogens with one attached hydrogen (secondary N) is 1. The molecule has 0 unspecified atom stereocenters. The minimum absolute atomic E-state index is 0.191. The molecule has 27 heavy (non-hydrogen) atoms. The van der Waals surface area contributed by atoms with Crippen LogP contribution in [0.4, 0.5) is 0 Å². The molecule has 1 amide bonds. The monoisotopic (exact) mass is 361 g/mol. The third-order valence-corrected chi connectivity index (χ3v) is 4.36. The molecule has 4 rings (SSSR count). The zero-order valence-corrected chi connectivity index (χ0v) is 14.6. The Labute approximate surface area is 156 Å². The van der Waals surface area contributed by atoms with E-state index in [0.717, 1.165) is 18.5 Å². The quantitative estimate of drug-likeness (QED) is 0.685. The summed E-state index contributed by atoms with van der Waals surface area (Å²) < 4.78 is 7.27. The predicted octanol–water partition coefficient (Wildman–Crippen LogP) is 3.05. The van der Waals surface area contributed by atoms with Gasteiger partial charge in [-0.3, -0.25) is 4.79 Å². The average molecular weight is 361 g/mol. The fourth-order valence-electron chi connectivity index (χ4n) is 2.75. The van der Waals surface area contributed by atoms with Crippen LogP contribution in [0.25, 0.3) is 5.69 Å². The largest absolute Gasteiger partial charge is 0.444 e. The van der Waals surface area contributed by atoms with Crippen LogP contribution in [0, 0.1) is 0 Å². The molecule has 1 fully saturated rings. The maximum atomic E-state index is 12.6. The first-order chi connectivity index (χ1) is 13.2. The second-order valence-electron chi connectivity index (χ2n) is 6.48. The zero-order chi connectivity index (χ0) is 18.6. The van der Waals surface area contributed by atoms with E-state index in [1.165, 1.54) is 0 Å². The molecule has 0 spiro atoms. The Morgan fingerprint density at radius 2 is 1.78 bits per heavy atom. The van der Waals surface area contributed by atoms with Gasteiger partial charge < -0.3 is 10.1 Å². The molecule has 0 bridgehead atoms. The van der Waals surface area contributed by atoms with E-state index in [9.17, 15) is 9.59 Å². The molecular formula is C21H19N3O3. The molecule has 2 aromatic carbocycles. The van der Waals surface area contributed by atoms with Crippen molar-refractivity contribution in [2.45, 2.75) is 25.0 Å². The van der Waals surface area contributed by atoms with Gasteiger partial charge in [-0.2, -0.15) is 5.10 Å². The molecule has 1 N–H and O–H groups in total. The molecule has 1 aliphatic carbocycles. The van der Waals surface area contributed by atoms with E-state index in [1.54, 1.807) is 47.3 Å². The second-order valence-corrected chi connectivity index (χ2v) is 6.48. The first-order valence-corrected chi connectivity index (χ1v) is 8.87. The van der Waals surface area contributed by atoms with E-state index >= 15 is 0 Å². The van der Waals surface area contributed by atoms with Crippen LogP contribution >= 0.6 is 0 Å². The third kappa shape index (κ3) is 4.06. The van der Waals surface area contributed by atoms with Crippen molar-refractivity contribution in [2.75, 3.05) is 0 Å². The standard InChI is InChI=1S/C21H19N3O3/c25-20(23-17-9-10-17)19(15-5-2-1-3-6-15)27-21(26)16-7-11-18(12-8-16)24-14-4-13-22-24/h1-8,11-14,17,19H,9-10H2,(H,23,25)/t19-/m0/s1. The molecule has 1 atom stereocenters. The van der Waals surface area contributed by atoms with Gasteiger partial charge in [0.1, 0.15) is 0 Å². The van der Waals surface area contributed by atoms with E-state index in [1.807, 2.05) is 30.5 Å². The fraction of sp³-hybridized carbons (Fsp3) is 0.190. The number of rotatable bonds is 6. The summed E-state index contributed by atoms with van der Waals surface area (Å²) in [5.74, 6) is -0.827. The number of carbonyl (C=O) groups is 2. The Bertz CT molecular complexity index is 917. The predicted molar refractivity (Wildman–Crippen MR) is 99.3 cm³/mol. The van der Waals surface area contributed by atoms with Crippen LogP contribution in [-0.4, -0.2) is 27.7 Å². The lowest BCUT2D eigenvalue weighted by Crippen LogP contribution is -2.33. The van der Waals surface area contributed by atoms with Crippen LogP contribution in [0.3, 0.4) is 0 Å². The number of hydrogen-bond acceptors (Lipinski definition) is 4. The lowest BCUT2D eigenvalue weighted by molar-refractivity contribution is -0.130. The number of aromatic nitrogens is 2. The van der Waals surface area contributed by atoms with Crippen molar-refractivity contribution in [3.05, 3.63) is 84.2 Å². The van der Waals surface area contributed by atoms with Crippen LogP contribution in [-0.2, 0) is 9.53 Å². The average Bonchev–Trinajstić information content (AvgIpc) is 3.35. The van der Waals surface area contributed by atoms with E-state index in [0.29, 0.717) is 11.1 Å². The summed E-state index contributed by atoms with van der Waals surface area (Å²) in [5, 5.41) is 7.06. The first-order valence-electron chi connectivity index (χ1n) is 8.87. The molecule has 6 nitrogen and oxygen atoms in total. The minimum atomic E-state index is -0.968. The van der Waals surface area contributed by atoms with E-state index < -0.39 is 12.1 Å². The Morgan fingerprint density at radius 3 is 2.41 bits per heavy atom. The molecule has 1 heterocycles. The van der Waals surface area contributed by atoms with Gasteiger partial charge in [0.05, 0.1) is 11.3 Å². The van der Waals surface area contributed by atoms with Crippen molar-refractivity contribution in [3.63, 3.8) is 0 Å². The smallest absolute Gasteiger partial charge is 0.339 e. The normalized spacial score (nSPS) is 14.4. The summed E-state index contributed by atoms with van der Waals surface area (Å²) in [6, 6.07) is 18.0. The van der Waals surface area contributed by atoms with Gasteiger partial charge in [-0.05, 0) is 43.2 Å². The number of esters is 1. The Morgan fingerprint density at radius 1 is 1.04 bits per heavy atom. The van der Waals surface area contributed by atoms with Gasteiger partial charge in [0, 0.05) is 24.0 Å². The molecule has 0 radical (unpaired) electrons. The molecule has 136 valence electrons. The maximum absolute atomic E-state index is 12.6. The highest BCUT2D eigenvalue weighted by Crippen LogP contribution is 2.24. The molecular weight excluding hydrogens is 342 g/mol. The van der Waals surface area contributed by atoms with Crippen molar-refractivity contribution in [2.24, 2.45) is 0 Å². The molecule has 6 heteroatoms. The van der Waals surface area contributed by atoms with Crippen LogP contribution in [0.1, 0.15) is 34.9 Å². The van der Waals surface area contributed by atoms with E-state index in [2.05, 4.69) is 10.4 Å². The molecule has 1 aliphatic rings. The lowest BCUT2D eigenvalue weighted by Gasteiger charge is -2.18. The summed E-state index contributed by atoms with van der Waals surface area (Å²) in [6.07, 6.45) is 4.48. The fourth-order valence-corrected chi connectivity index (χ4v) is 2.75. The molecule has 3 aromatic rings. The molecule has 0 saturated heterocycles. The van der Waals surface area contributed by atoms with Gasteiger partial charge in [0.15, 0.2) is 0 Å². The van der Waals surface area contributed by atoms with Crippen molar-refractivity contribution in [1.29, 1.82) is 0 Å². The first kappa shape index (κ1) is 17.0. The summed E-state index contributed by atoms with van der Waals surface area (Å²) in [5.41, 5.74) is 1.87. The maximum Gasteiger partial charge on any atom is 0.339 e. The lowest BCUT2D eigenvalue weighted by atomic mass is 10.1. The van der Waals surface area contributed by atoms with Crippen LogP contribution in [0.15, 0.2) is 73.1 Å². The van der Waals surface area contributed by atoms with Crippen LogP contribution in [0.5, 0.6) is 0 Å². The highest BCUT2D eigenvalue weighted by Gasteiger charge is 2.31. The molecule has 1 saturated carbocycles. The van der Waals surface area contributed by atoms with Crippen LogP contribution < -0.4 is 5.32 Å². The topological polar surface area (TPSA) is 73.2 Å². The third-order valence-electron chi connectivity index (χ3n) is 4.36. The number of nitrogens with zero attached hydrogens (tertiary/aromatic N) is 2. The minimum Gasteiger partial charge on any atom is -0.444 e. The summed E-state index contributed by atoms with van der Waals surface area (Å²) in [6.45, 7) is 0. The second kappa shape index (κ2) is 7.45. The summed E-state index contributed by atoms with van der Waals surface area (Å²) in [4.78, 5) is 25.2. The van der Waals surface area contributed by atoms with Gasteiger partial charge >= 0.3 is 5.97 Å². The number of amides is 1.